The van der Waals surface area contributed by atoms with Gasteiger partial charge in [-0.2, -0.15) is 0 Å². The lowest BCUT2D eigenvalue weighted by Crippen LogP contribution is -2.45. The highest BCUT2D eigenvalue weighted by molar-refractivity contribution is 6.31. The standard InChI is InChI=1S/C9H11ClF2N2/c1-9(13,8(11)12)4-6-2-3-14-5-7(6)10/h2-3,5,8H,4,13H2,1H3. The second-order valence-electron chi connectivity index (χ2n) is 3.45. The molecule has 1 aromatic heterocycles. The van der Waals surface area contributed by atoms with Gasteiger partial charge in [-0.05, 0) is 25.0 Å². The van der Waals surface area contributed by atoms with Crippen molar-refractivity contribution in [1.82, 2.24) is 4.98 Å². The Morgan fingerprint density at radius 3 is 2.79 bits per heavy atom. The predicted molar refractivity (Wildman–Crippen MR) is 51.5 cm³/mol. The van der Waals surface area contributed by atoms with E-state index in [1.54, 1.807) is 6.07 Å². The summed E-state index contributed by atoms with van der Waals surface area (Å²) >= 11 is 5.77. The van der Waals surface area contributed by atoms with Gasteiger partial charge < -0.3 is 5.73 Å². The Kier molecular flexibility index (Phi) is 3.39. The Balaban J connectivity index is 2.84. The first-order valence-electron chi connectivity index (χ1n) is 4.09. The number of nitrogens with two attached hydrogens (primary N) is 1. The maximum atomic E-state index is 12.4. The van der Waals surface area contributed by atoms with Gasteiger partial charge in [0.2, 0.25) is 0 Å². The molecule has 1 heterocycles. The smallest absolute Gasteiger partial charge is 0.256 e. The Morgan fingerprint density at radius 2 is 2.29 bits per heavy atom. The summed E-state index contributed by atoms with van der Waals surface area (Å²) in [6.45, 7) is 1.30. The van der Waals surface area contributed by atoms with E-state index >= 15 is 0 Å². The number of hydrogen-bond acceptors (Lipinski definition) is 2. The van der Waals surface area contributed by atoms with Gasteiger partial charge in [0.15, 0.2) is 0 Å². The van der Waals surface area contributed by atoms with Crippen molar-refractivity contribution in [3.63, 3.8) is 0 Å². The van der Waals surface area contributed by atoms with Gasteiger partial charge in [-0.1, -0.05) is 11.6 Å². The van der Waals surface area contributed by atoms with Crippen LogP contribution in [0.15, 0.2) is 18.5 Å². The van der Waals surface area contributed by atoms with Crippen molar-refractivity contribution in [2.24, 2.45) is 5.73 Å². The average Bonchev–Trinajstić information content (AvgIpc) is 2.08. The van der Waals surface area contributed by atoms with Crippen molar-refractivity contribution < 1.29 is 8.78 Å². The van der Waals surface area contributed by atoms with Crippen LogP contribution in [0.1, 0.15) is 12.5 Å². The van der Waals surface area contributed by atoms with Crippen LogP contribution < -0.4 is 5.73 Å². The molecule has 0 aliphatic carbocycles. The third-order valence-corrected chi connectivity index (χ3v) is 2.27. The van der Waals surface area contributed by atoms with Gasteiger partial charge in [0.05, 0.1) is 10.6 Å². The van der Waals surface area contributed by atoms with E-state index in [1.807, 2.05) is 0 Å². The zero-order chi connectivity index (χ0) is 10.8. The van der Waals surface area contributed by atoms with Gasteiger partial charge >= 0.3 is 0 Å². The monoisotopic (exact) mass is 220 g/mol. The molecule has 14 heavy (non-hydrogen) atoms. The molecule has 0 spiro atoms. The predicted octanol–water partition coefficient (Wildman–Crippen LogP) is 2.26. The Hall–Kier alpha value is -0.740. The van der Waals surface area contributed by atoms with Crippen LogP contribution in [0.4, 0.5) is 8.78 Å². The second-order valence-corrected chi connectivity index (χ2v) is 3.86. The highest BCUT2D eigenvalue weighted by Gasteiger charge is 2.30. The molecular formula is C9H11ClF2N2. The van der Waals surface area contributed by atoms with Crippen LogP contribution in [-0.4, -0.2) is 16.9 Å². The van der Waals surface area contributed by atoms with Gasteiger partial charge in [-0.25, -0.2) is 8.78 Å². The summed E-state index contributed by atoms with van der Waals surface area (Å²) in [7, 11) is 0. The summed E-state index contributed by atoms with van der Waals surface area (Å²) in [5.74, 6) is 0. The molecule has 0 fully saturated rings. The number of halogens is 3. The highest BCUT2D eigenvalue weighted by Crippen LogP contribution is 2.22. The molecule has 1 unspecified atom stereocenters. The third kappa shape index (κ3) is 2.62. The van der Waals surface area contributed by atoms with E-state index in [9.17, 15) is 8.78 Å². The molecule has 0 aromatic carbocycles. The lowest BCUT2D eigenvalue weighted by atomic mass is 9.95. The third-order valence-electron chi connectivity index (χ3n) is 1.93. The Bertz CT molecular complexity index is 315. The molecule has 5 heteroatoms. The summed E-state index contributed by atoms with van der Waals surface area (Å²) < 4.78 is 24.9. The van der Waals surface area contributed by atoms with Crippen molar-refractivity contribution in [2.45, 2.75) is 25.3 Å². The minimum atomic E-state index is -2.58. The van der Waals surface area contributed by atoms with Gasteiger partial charge in [0, 0.05) is 12.4 Å². The molecule has 2 nitrogen and oxygen atoms in total. The van der Waals surface area contributed by atoms with Gasteiger partial charge in [-0.15, -0.1) is 0 Å². The molecule has 0 saturated carbocycles. The first kappa shape index (κ1) is 11.3. The minimum absolute atomic E-state index is 0.0337. The summed E-state index contributed by atoms with van der Waals surface area (Å²) in [4.78, 5) is 3.76. The van der Waals surface area contributed by atoms with Crippen molar-refractivity contribution in [3.05, 3.63) is 29.0 Å². The molecule has 1 rings (SSSR count). The zero-order valence-corrected chi connectivity index (χ0v) is 8.43. The Labute approximate surface area is 86.1 Å². The quantitative estimate of drug-likeness (QED) is 0.849. The van der Waals surface area contributed by atoms with Crippen LogP contribution in [0, 0.1) is 0 Å². The van der Waals surface area contributed by atoms with E-state index < -0.39 is 12.0 Å². The molecule has 2 N–H and O–H groups in total. The largest absolute Gasteiger partial charge is 0.320 e. The fourth-order valence-corrected chi connectivity index (χ4v) is 1.22. The van der Waals surface area contributed by atoms with Crippen LogP contribution in [0.3, 0.4) is 0 Å². The van der Waals surface area contributed by atoms with Gasteiger partial charge in [-0.3, -0.25) is 4.98 Å². The summed E-state index contributed by atoms with van der Waals surface area (Å²) in [6, 6.07) is 1.59. The van der Waals surface area contributed by atoms with Crippen molar-refractivity contribution >= 4 is 11.6 Å². The number of rotatable bonds is 3. The van der Waals surface area contributed by atoms with Crippen LogP contribution in [-0.2, 0) is 6.42 Å². The molecule has 0 aliphatic heterocycles. The van der Waals surface area contributed by atoms with E-state index in [-0.39, 0.29) is 6.42 Å². The van der Waals surface area contributed by atoms with Crippen LogP contribution in [0.5, 0.6) is 0 Å². The maximum Gasteiger partial charge on any atom is 0.256 e. The fourth-order valence-electron chi connectivity index (χ4n) is 1.03. The molecule has 0 radical (unpaired) electrons. The lowest BCUT2D eigenvalue weighted by molar-refractivity contribution is 0.0639. The van der Waals surface area contributed by atoms with Gasteiger partial charge in [0.25, 0.3) is 6.43 Å². The molecule has 78 valence electrons. The van der Waals surface area contributed by atoms with E-state index in [2.05, 4.69) is 4.98 Å². The van der Waals surface area contributed by atoms with Crippen LogP contribution in [0.2, 0.25) is 5.02 Å². The first-order valence-corrected chi connectivity index (χ1v) is 4.46. The fraction of sp³-hybridized carbons (Fsp3) is 0.444. The molecule has 0 aliphatic rings. The van der Waals surface area contributed by atoms with E-state index in [4.69, 9.17) is 17.3 Å². The second kappa shape index (κ2) is 4.19. The van der Waals surface area contributed by atoms with E-state index in [1.165, 1.54) is 19.3 Å². The van der Waals surface area contributed by atoms with E-state index in [0.717, 1.165) is 0 Å². The highest BCUT2D eigenvalue weighted by atomic mass is 35.5. The van der Waals surface area contributed by atoms with Crippen molar-refractivity contribution in [1.29, 1.82) is 0 Å². The van der Waals surface area contributed by atoms with Crippen molar-refractivity contribution in [2.75, 3.05) is 0 Å². The van der Waals surface area contributed by atoms with Crippen LogP contribution >= 0.6 is 11.6 Å². The number of pyridine rings is 1. The first-order chi connectivity index (χ1) is 6.43. The average molecular weight is 221 g/mol. The van der Waals surface area contributed by atoms with Crippen LogP contribution in [0.25, 0.3) is 0 Å². The zero-order valence-electron chi connectivity index (χ0n) is 7.67. The lowest BCUT2D eigenvalue weighted by Gasteiger charge is -2.23. The number of hydrogen-bond donors (Lipinski definition) is 1. The molecular weight excluding hydrogens is 210 g/mol. The van der Waals surface area contributed by atoms with Crippen molar-refractivity contribution in [3.8, 4) is 0 Å². The van der Waals surface area contributed by atoms with E-state index in [0.29, 0.717) is 10.6 Å². The number of alkyl halides is 2. The van der Waals surface area contributed by atoms with Gasteiger partial charge in [0.1, 0.15) is 0 Å². The summed E-state index contributed by atoms with van der Waals surface area (Å²) in [6.07, 6.45) is 0.375. The maximum absolute atomic E-state index is 12.4. The Morgan fingerprint density at radius 1 is 1.64 bits per heavy atom. The molecule has 1 aromatic rings. The molecule has 0 saturated heterocycles. The SMILES string of the molecule is CC(N)(Cc1ccncc1Cl)C(F)F. The topological polar surface area (TPSA) is 38.9 Å². The normalized spacial score (nSPS) is 15.6. The molecule has 0 amide bonds. The number of aromatic nitrogens is 1. The molecule has 1 atom stereocenters. The summed E-state index contributed by atoms with van der Waals surface area (Å²) in [5, 5.41) is 0.366. The number of nitrogens with zero attached hydrogens (tertiary/aromatic N) is 1. The molecule has 0 bridgehead atoms. The summed E-state index contributed by atoms with van der Waals surface area (Å²) in [5.41, 5.74) is 4.47. The minimum Gasteiger partial charge on any atom is -0.320 e.